The van der Waals surface area contributed by atoms with Gasteiger partial charge in [0, 0.05) is 6.26 Å². The summed E-state index contributed by atoms with van der Waals surface area (Å²) in [5.74, 6) is -3.07. The molecule has 0 saturated carbocycles. The molecule has 0 radical (unpaired) electrons. The van der Waals surface area contributed by atoms with Crippen LogP contribution in [0.2, 0.25) is 0 Å². The molecule has 2 N–H and O–H groups in total. The van der Waals surface area contributed by atoms with E-state index in [2.05, 4.69) is 0 Å². The zero-order valence-corrected chi connectivity index (χ0v) is 8.98. The Labute approximate surface area is 91.1 Å². The fraction of sp³-hybridized carbons (Fsp3) is 0.111. The number of hydrogen-bond donors (Lipinski definition) is 2. The number of sulfone groups is 1. The molecule has 7 heteroatoms. The molecule has 0 aliphatic carbocycles. The van der Waals surface area contributed by atoms with Gasteiger partial charge in [0.2, 0.25) is 0 Å². The Kier molecular flexibility index (Phi) is 2.99. The first-order chi connectivity index (χ1) is 7.25. The molecule has 0 aliphatic rings. The topological polar surface area (TPSA) is 109 Å². The molecule has 6 nitrogen and oxygen atoms in total. The van der Waals surface area contributed by atoms with Crippen molar-refractivity contribution in [2.75, 3.05) is 6.26 Å². The summed E-state index contributed by atoms with van der Waals surface area (Å²) in [5.41, 5.74) is -1.26. The number of carbonyl (C=O) groups is 2. The predicted molar refractivity (Wildman–Crippen MR) is 53.5 cm³/mol. The van der Waals surface area contributed by atoms with E-state index < -0.39 is 37.8 Å². The van der Waals surface area contributed by atoms with Gasteiger partial charge in [0.1, 0.15) is 0 Å². The quantitative estimate of drug-likeness (QED) is 0.800. The summed E-state index contributed by atoms with van der Waals surface area (Å²) in [6, 6.07) is 3.29. The second-order valence-corrected chi connectivity index (χ2v) is 5.05. The Bertz CT molecular complexity index is 557. The lowest BCUT2D eigenvalue weighted by atomic mass is 10.1. The first-order valence-corrected chi connectivity index (χ1v) is 5.94. The minimum Gasteiger partial charge on any atom is -0.478 e. The molecule has 0 bridgehead atoms. The Balaban J connectivity index is 3.72. The van der Waals surface area contributed by atoms with Gasteiger partial charge in [-0.25, -0.2) is 18.0 Å². The molecule has 0 saturated heterocycles. The molecule has 0 fully saturated rings. The molecule has 86 valence electrons. The summed E-state index contributed by atoms with van der Waals surface area (Å²) in [6.45, 7) is 0. The average Bonchev–Trinajstić information content (AvgIpc) is 2.14. The van der Waals surface area contributed by atoms with Crippen molar-refractivity contribution in [2.24, 2.45) is 0 Å². The molecule has 0 aromatic heterocycles. The van der Waals surface area contributed by atoms with E-state index in [4.69, 9.17) is 10.2 Å². The highest BCUT2D eigenvalue weighted by atomic mass is 32.2. The summed E-state index contributed by atoms with van der Waals surface area (Å²) in [5, 5.41) is 17.6. The molecule has 0 amide bonds. The minimum atomic E-state index is -3.78. The lowest BCUT2D eigenvalue weighted by Gasteiger charge is -2.06. The van der Waals surface area contributed by atoms with E-state index in [9.17, 15) is 18.0 Å². The van der Waals surface area contributed by atoms with Crippen LogP contribution >= 0.6 is 0 Å². The van der Waals surface area contributed by atoms with Crippen molar-refractivity contribution in [1.29, 1.82) is 0 Å². The standard InChI is InChI=1S/C9H8O6S/c1-16(14,15)6-4-2-3-5(8(10)11)7(6)9(12)13/h2-4H,1H3,(H,10,11)(H,12,13). The maximum Gasteiger partial charge on any atom is 0.337 e. The van der Waals surface area contributed by atoms with Crippen LogP contribution in [-0.2, 0) is 9.84 Å². The maximum absolute atomic E-state index is 11.3. The Morgan fingerprint density at radius 3 is 2.06 bits per heavy atom. The zero-order valence-electron chi connectivity index (χ0n) is 8.17. The molecule has 16 heavy (non-hydrogen) atoms. The lowest BCUT2D eigenvalue weighted by Crippen LogP contribution is -2.13. The van der Waals surface area contributed by atoms with Crippen LogP contribution in [0.1, 0.15) is 20.7 Å². The van der Waals surface area contributed by atoms with Gasteiger partial charge in [-0.05, 0) is 12.1 Å². The fourth-order valence-corrected chi connectivity index (χ4v) is 2.13. The number of rotatable bonds is 3. The molecule has 0 heterocycles. The van der Waals surface area contributed by atoms with Gasteiger partial charge in [-0.15, -0.1) is 0 Å². The first kappa shape index (κ1) is 12.2. The summed E-state index contributed by atoms with van der Waals surface area (Å²) in [6.07, 6.45) is 0.820. The summed E-state index contributed by atoms with van der Waals surface area (Å²) in [7, 11) is -3.78. The number of carboxylic acid groups (broad SMARTS) is 2. The molecular formula is C9H8O6S. The highest BCUT2D eigenvalue weighted by molar-refractivity contribution is 7.90. The highest BCUT2D eigenvalue weighted by Crippen LogP contribution is 2.20. The predicted octanol–water partition coefficient (Wildman–Crippen LogP) is 0.487. The summed E-state index contributed by atoms with van der Waals surface area (Å²) < 4.78 is 22.6. The van der Waals surface area contributed by atoms with Gasteiger partial charge in [0.25, 0.3) is 0 Å². The lowest BCUT2D eigenvalue weighted by molar-refractivity contribution is 0.0648. The van der Waals surface area contributed by atoms with Crippen molar-refractivity contribution in [3.8, 4) is 0 Å². The Morgan fingerprint density at radius 2 is 1.69 bits per heavy atom. The third-order valence-corrected chi connectivity index (χ3v) is 3.01. The monoisotopic (exact) mass is 244 g/mol. The van der Waals surface area contributed by atoms with E-state index in [0.717, 1.165) is 18.4 Å². The first-order valence-electron chi connectivity index (χ1n) is 4.05. The van der Waals surface area contributed by atoms with Crippen molar-refractivity contribution >= 4 is 21.8 Å². The van der Waals surface area contributed by atoms with E-state index >= 15 is 0 Å². The van der Waals surface area contributed by atoms with Crippen LogP contribution < -0.4 is 0 Å². The summed E-state index contributed by atoms with van der Waals surface area (Å²) >= 11 is 0. The van der Waals surface area contributed by atoms with Crippen molar-refractivity contribution in [3.63, 3.8) is 0 Å². The van der Waals surface area contributed by atoms with Gasteiger partial charge < -0.3 is 10.2 Å². The van der Waals surface area contributed by atoms with Crippen LogP contribution in [0.4, 0.5) is 0 Å². The van der Waals surface area contributed by atoms with Crippen LogP contribution in [0.15, 0.2) is 23.1 Å². The van der Waals surface area contributed by atoms with Gasteiger partial charge in [-0.2, -0.15) is 0 Å². The van der Waals surface area contributed by atoms with Crippen LogP contribution in [0.5, 0.6) is 0 Å². The van der Waals surface area contributed by atoms with E-state index in [1.807, 2.05) is 0 Å². The molecule has 0 spiro atoms. The molecule has 1 rings (SSSR count). The molecule has 0 atom stereocenters. The molecule has 1 aromatic carbocycles. The minimum absolute atomic E-state index is 0.500. The van der Waals surface area contributed by atoms with Crippen molar-refractivity contribution in [2.45, 2.75) is 4.90 Å². The Morgan fingerprint density at radius 1 is 1.12 bits per heavy atom. The van der Waals surface area contributed by atoms with E-state index in [1.54, 1.807) is 0 Å². The second kappa shape index (κ2) is 3.93. The molecule has 1 aromatic rings. The molecule has 0 aliphatic heterocycles. The molecular weight excluding hydrogens is 236 g/mol. The van der Waals surface area contributed by atoms with E-state index in [1.165, 1.54) is 6.07 Å². The van der Waals surface area contributed by atoms with Crippen molar-refractivity contribution in [3.05, 3.63) is 29.3 Å². The zero-order chi connectivity index (χ0) is 12.5. The van der Waals surface area contributed by atoms with Crippen molar-refractivity contribution in [1.82, 2.24) is 0 Å². The maximum atomic E-state index is 11.3. The van der Waals surface area contributed by atoms with Crippen LogP contribution in [0.3, 0.4) is 0 Å². The SMILES string of the molecule is CS(=O)(=O)c1cccc(C(=O)O)c1C(=O)O. The normalized spacial score (nSPS) is 11.1. The van der Waals surface area contributed by atoms with Crippen LogP contribution in [-0.4, -0.2) is 36.8 Å². The van der Waals surface area contributed by atoms with Gasteiger partial charge in [-0.1, -0.05) is 6.07 Å². The van der Waals surface area contributed by atoms with Gasteiger partial charge in [0.05, 0.1) is 16.0 Å². The summed E-state index contributed by atoms with van der Waals surface area (Å²) in [4.78, 5) is 21.1. The third-order valence-electron chi connectivity index (χ3n) is 1.87. The largest absolute Gasteiger partial charge is 0.478 e. The number of aromatic carboxylic acids is 2. The highest BCUT2D eigenvalue weighted by Gasteiger charge is 2.24. The van der Waals surface area contributed by atoms with Gasteiger partial charge in [0.15, 0.2) is 9.84 Å². The average molecular weight is 244 g/mol. The third kappa shape index (κ3) is 2.19. The van der Waals surface area contributed by atoms with Crippen LogP contribution in [0.25, 0.3) is 0 Å². The van der Waals surface area contributed by atoms with Gasteiger partial charge >= 0.3 is 11.9 Å². The van der Waals surface area contributed by atoms with Gasteiger partial charge in [-0.3, -0.25) is 0 Å². The van der Waals surface area contributed by atoms with Crippen molar-refractivity contribution < 1.29 is 28.2 Å². The van der Waals surface area contributed by atoms with E-state index in [0.29, 0.717) is 0 Å². The number of hydrogen-bond acceptors (Lipinski definition) is 4. The number of carboxylic acids is 2. The molecule has 0 unspecified atom stereocenters. The fourth-order valence-electron chi connectivity index (χ4n) is 1.24. The smallest absolute Gasteiger partial charge is 0.337 e. The Hall–Kier alpha value is -1.89. The second-order valence-electron chi connectivity index (χ2n) is 3.06. The number of benzene rings is 1. The van der Waals surface area contributed by atoms with Crippen LogP contribution in [0, 0.1) is 0 Å². The van der Waals surface area contributed by atoms with E-state index in [-0.39, 0.29) is 0 Å².